The second kappa shape index (κ2) is 7.52. The molecule has 2 heterocycles. The molecule has 1 aliphatic heterocycles. The summed E-state index contributed by atoms with van der Waals surface area (Å²) in [4.78, 5) is 27.1. The van der Waals surface area contributed by atoms with Crippen molar-refractivity contribution in [3.05, 3.63) is 57.8 Å². The number of non-ortho nitro benzene ring substituents is 1. The Kier molecular flexibility index (Phi) is 5.18. The van der Waals surface area contributed by atoms with E-state index in [1.54, 1.807) is 25.3 Å². The zero-order valence-corrected chi connectivity index (χ0v) is 14.4. The number of aromatic nitrogens is 1. The minimum absolute atomic E-state index is 0.0142. The quantitative estimate of drug-likeness (QED) is 0.649. The zero-order chi connectivity index (χ0) is 17.8. The second-order valence-electron chi connectivity index (χ2n) is 5.67. The van der Waals surface area contributed by atoms with E-state index in [-0.39, 0.29) is 17.7 Å². The van der Waals surface area contributed by atoms with Crippen LogP contribution in [0.25, 0.3) is 0 Å². The highest BCUT2D eigenvalue weighted by Crippen LogP contribution is 2.26. The van der Waals surface area contributed by atoms with E-state index in [4.69, 9.17) is 4.74 Å². The summed E-state index contributed by atoms with van der Waals surface area (Å²) in [6.07, 6.45) is 2.59. The molecular weight excluding hydrogens is 342 g/mol. The molecule has 7 nitrogen and oxygen atoms in total. The SMILES string of the molecule is Cc1cc([N+](=O)[O-])ccc1NC(=O)c1cccnc1OC1CCSC1. The van der Waals surface area contributed by atoms with Gasteiger partial charge in [0.1, 0.15) is 11.7 Å². The van der Waals surface area contributed by atoms with Gasteiger partial charge in [0, 0.05) is 29.8 Å². The van der Waals surface area contributed by atoms with Crippen LogP contribution in [0.3, 0.4) is 0 Å². The third-order valence-corrected chi connectivity index (χ3v) is 4.98. The minimum Gasteiger partial charge on any atom is -0.473 e. The van der Waals surface area contributed by atoms with Crippen LogP contribution in [-0.4, -0.2) is 33.4 Å². The maximum atomic E-state index is 12.6. The van der Waals surface area contributed by atoms with E-state index < -0.39 is 4.92 Å². The number of aryl methyl sites for hydroxylation is 1. The molecule has 1 fully saturated rings. The molecule has 0 radical (unpaired) electrons. The molecule has 2 aromatic rings. The first kappa shape index (κ1) is 17.2. The molecule has 1 N–H and O–H groups in total. The van der Waals surface area contributed by atoms with Crippen molar-refractivity contribution in [1.82, 2.24) is 4.98 Å². The van der Waals surface area contributed by atoms with Gasteiger partial charge in [-0.15, -0.1) is 0 Å². The molecule has 1 aromatic carbocycles. The lowest BCUT2D eigenvalue weighted by molar-refractivity contribution is -0.384. The molecule has 3 rings (SSSR count). The average molecular weight is 359 g/mol. The number of nitrogens with one attached hydrogen (secondary N) is 1. The molecule has 130 valence electrons. The summed E-state index contributed by atoms with van der Waals surface area (Å²) in [6.45, 7) is 1.71. The van der Waals surface area contributed by atoms with E-state index >= 15 is 0 Å². The number of benzene rings is 1. The monoisotopic (exact) mass is 359 g/mol. The molecule has 1 atom stereocenters. The van der Waals surface area contributed by atoms with Crippen molar-refractivity contribution in [1.29, 1.82) is 0 Å². The molecule has 1 unspecified atom stereocenters. The summed E-state index contributed by atoms with van der Waals surface area (Å²) in [5.74, 6) is 1.89. The lowest BCUT2D eigenvalue weighted by Crippen LogP contribution is -2.20. The van der Waals surface area contributed by atoms with E-state index in [0.717, 1.165) is 17.9 Å². The van der Waals surface area contributed by atoms with Crippen LogP contribution in [0.5, 0.6) is 5.88 Å². The van der Waals surface area contributed by atoms with Crippen LogP contribution in [0.4, 0.5) is 11.4 Å². The summed E-state index contributed by atoms with van der Waals surface area (Å²) in [5, 5.41) is 13.6. The maximum absolute atomic E-state index is 12.6. The molecular formula is C17H17N3O4S. The number of nitro groups is 1. The number of amides is 1. The van der Waals surface area contributed by atoms with Gasteiger partial charge >= 0.3 is 0 Å². The summed E-state index contributed by atoms with van der Waals surface area (Å²) < 4.78 is 5.86. The van der Waals surface area contributed by atoms with Gasteiger partial charge in [0.05, 0.1) is 4.92 Å². The number of pyridine rings is 1. The molecule has 0 aliphatic carbocycles. The van der Waals surface area contributed by atoms with Crippen LogP contribution in [0, 0.1) is 17.0 Å². The van der Waals surface area contributed by atoms with Crippen molar-refractivity contribution in [3.63, 3.8) is 0 Å². The molecule has 0 saturated carbocycles. The number of nitro benzene ring substituents is 1. The largest absolute Gasteiger partial charge is 0.473 e. The van der Waals surface area contributed by atoms with Gasteiger partial charge < -0.3 is 10.1 Å². The van der Waals surface area contributed by atoms with E-state index in [2.05, 4.69) is 10.3 Å². The van der Waals surface area contributed by atoms with Crippen LogP contribution in [-0.2, 0) is 0 Å². The van der Waals surface area contributed by atoms with Crippen LogP contribution in [0.2, 0.25) is 0 Å². The van der Waals surface area contributed by atoms with Crippen LogP contribution in [0.15, 0.2) is 36.5 Å². The maximum Gasteiger partial charge on any atom is 0.269 e. The van der Waals surface area contributed by atoms with Gasteiger partial charge in [-0.2, -0.15) is 11.8 Å². The number of ether oxygens (including phenoxy) is 1. The Labute approximate surface area is 148 Å². The van der Waals surface area contributed by atoms with Crippen molar-refractivity contribution in [2.75, 3.05) is 16.8 Å². The highest BCUT2D eigenvalue weighted by Gasteiger charge is 2.22. The molecule has 8 heteroatoms. The van der Waals surface area contributed by atoms with Gasteiger partial charge in [-0.05, 0) is 42.9 Å². The number of anilines is 1. The van der Waals surface area contributed by atoms with Crippen molar-refractivity contribution in [3.8, 4) is 5.88 Å². The summed E-state index contributed by atoms with van der Waals surface area (Å²) in [6, 6.07) is 7.63. The first-order chi connectivity index (χ1) is 12.0. The van der Waals surface area contributed by atoms with Crippen molar-refractivity contribution >= 4 is 29.0 Å². The minimum atomic E-state index is -0.467. The molecule has 1 saturated heterocycles. The highest BCUT2D eigenvalue weighted by molar-refractivity contribution is 7.99. The highest BCUT2D eigenvalue weighted by atomic mass is 32.2. The predicted molar refractivity (Wildman–Crippen MR) is 96.4 cm³/mol. The number of carbonyl (C=O) groups excluding carboxylic acids is 1. The molecule has 1 aromatic heterocycles. The van der Waals surface area contributed by atoms with Crippen molar-refractivity contribution in [2.24, 2.45) is 0 Å². The summed E-state index contributed by atoms with van der Waals surface area (Å²) in [5.41, 5.74) is 1.46. The number of hydrogen-bond acceptors (Lipinski definition) is 6. The van der Waals surface area contributed by atoms with Gasteiger partial charge in [0.25, 0.3) is 11.6 Å². The van der Waals surface area contributed by atoms with Crippen LogP contribution < -0.4 is 10.1 Å². The number of carbonyl (C=O) groups is 1. The third kappa shape index (κ3) is 4.08. The fourth-order valence-corrected chi connectivity index (χ4v) is 3.61. The molecule has 1 aliphatic rings. The lowest BCUT2D eigenvalue weighted by Gasteiger charge is -2.15. The van der Waals surface area contributed by atoms with E-state index in [9.17, 15) is 14.9 Å². The summed E-state index contributed by atoms with van der Waals surface area (Å²) in [7, 11) is 0. The Hall–Kier alpha value is -2.61. The molecule has 0 bridgehead atoms. The van der Waals surface area contributed by atoms with Crippen molar-refractivity contribution < 1.29 is 14.5 Å². The molecule has 1 amide bonds. The number of rotatable bonds is 5. The van der Waals surface area contributed by atoms with Crippen LogP contribution in [0.1, 0.15) is 22.3 Å². The fourth-order valence-electron chi connectivity index (χ4n) is 2.51. The van der Waals surface area contributed by atoms with Crippen LogP contribution >= 0.6 is 11.8 Å². The van der Waals surface area contributed by atoms with E-state index in [1.807, 2.05) is 11.8 Å². The summed E-state index contributed by atoms with van der Waals surface area (Å²) >= 11 is 1.82. The second-order valence-corrected chi connectivity index (χ2v) is 6.82. The Bertz CT molecular complexity index is 806. The average Bonchev–Trinajstić information content (AvgIpc) is 3.10. The standard InChI is InChI=1S/C17H17N3O4S/c1-11-9-12(20(22)23)4-5-15(11)19-16(21)14-3-2-7-18-17(14)24-13-6-8-25-10-13/h2-5,7,9,13H,6,8,10H2,1H3,(H,19,21). The van der Waals surface area contributed by atoms with E-state index in [0.29, 0.717) is 22.7 Å². The first-order valence-corrected chi connectivity index (χ1v) is 8.96. The first-order valence-electron chi connectivity index (χ1n) is 7.80. The Morgan fingerprint density at radius 3 is 2.96 bits per heavy atom. The fraction of sp³-hybridized carbons (Fsp3) is 0.294. The topological polar surface area (TPSA) is 94.4 Å². The smallest absolute Gasteiger partial charge is 0.269 e. The van der Waals surface area contributed by atoms with Gasteiger partial charge in [0.15, 0.2) is 0 Å². The van der Waals surface area contributed by atoms with Gasteiger partial charge in [-0.1, -0.05) is 0 Å². The lowest BCUT2D eigenvalue weighted by atomic mass is 10.1. The Balaban J connectivity index is 1.78. The predicted octanol–water partition coefficient (Wildman–Crippen LogP) is 3.43. The van der Waals surface area contributed by atoms with Crippen molar-refractivity contribution in [2.45, 2.75) is 19.4 Å². The van der Waals surface area contributed by atoms with E-state index in [1.165, 1.54) is 18.2 Å². The zero-order valence-electron chi connectivity index (χ0n) is 13.6. The number of thioether (sulfide) groups is 1. The van der Waals surface area contributed by atoms with Gasteiger partial charge in [0.2, 0.25) is 5.88 Å². The Morgan fingerprint density at radius 1 is 1.44 bits per heavy atom. The normalized spacial score (nSPS) is 16.4. The Morgan fingerprint density at radius 2 is 2.28 bits per heavy atom. The molecule has 25 heavy (non-hydrogen) atoms. The van der Waals surface area contributed by atoms with Gasteiger partial charge in [-0.3, -0.25) is 14.9 Å². The number of nitrogens with zero attached hydrogens (tertiary/aromatic N) is 2. The van der Waals surface area contributed by atoms with Gasteiger partial charge in [-0.25, -0.2) is 4.98 Å². The third-order valence-electron chi connectivity index (χ3n) is 3.85. The molecule has 0 spiro atoms. The number of hydrogen-bond donors (Lipinski definition) is 1.